The van der Waals surface area contributed by atoms with Crippen LogP contribution in [0.3, 0.4) is 0 Å². The Labute approximate surface area is 174 Å². The van der Waals surface area contributed by atoms with Crippen LogP contribution in [-0.4, -0.2) is 25.4 Å². The number of hydrogen-bond donors (Lipinski definition) is 1. The predicted molar refractivity (Wildman–Crippen MR) is 117 cm³/mol. The maximum atomic E-state index is 13.3. The molecule has 1 aliphatic rings. The molecule has 0 aromatic heterocycles. The second kappa shape index (κ2) is 8.53. The summed E-state index contributed by atoms with van der Waals surface area (Å²) in [5, 5.41) is 11.1. The molecular weight excluding hydrogens is 380 g/mol. The van der Waals surface area contributed by atoms with E-state index < -0.39 is 14.3 Å². The minimum Gasteiger partial charge on any atom is -0.509 e. The highest BCUT2D eigenvalue weighted by molar-refractivity contribution is 7.00. The van der Waals surface area contributed by atoms with Gasteiger partial charge < -0.3 is 9.53 Å². The van der Waals surface area contributed by atoms with Crippen molar-refractivity contribution in [3.63, 3.8) is 0 Å². The summed E-state index contributed by atoms with van der Waals surface area (Å²) in [6, 6.07) is 20.2. The summed E-state index contributed by atoms with van der Waals surface area (Å²) in [5.41, 5.74) is 0. The van der Waals surface area contributed by atoms with E-state index in [-0.39, 0.29) is 22.8 Å². The lowest BCUT2D eigenvalue weighted by Crippen LogP contribution is -2.67. The Hall–Kier alpha value is -2.40. The first-order chi connectivity index (χ1) is 13.8. The van der Waals surface area contributed by atoms with Crippen molar-refractivity contribution in [1.29, 1.82) is 0 Å². The van der Waals surface area contributed by atoms with Crippen molar-refractivity contribution in [1.82, 2.24) is 0 Å². The number of carboxylic acids is 1. The van der Waals surface area contributed by atoms with Crippen LogP contribution < -0.4 is 10.4 Å². The third-order valence-corrected chi connectivity index (χ3v) is 11.0. The third kappa shape index (κ3) is 4.30. The van der Waals surface area contributed by atoms with Crippen molar-refractivity contribution in [2.24, 2.45) is 11.8 Å². The van der Waals surface area contributed by atoms with Crippen molar-refractivity contribution in [3.8, 4) is 0 Å². The minimum atomic E-state index is -2.90. The molecule has 0 atom stereocenters. The van der Waals surface area contributed by atoms with Gasteiger partial charge >= 0.3 is 14.3 Å². The van der Waals surface area contributed by atoms with Gasteiger partial charge in [0.25, 0.3) is 5.97 Å². The number of benzene rings is 2. The molecule has 0 saturated heterocycles. The highest BCUT2D eigenvalue weighted by Crippen LogP contribution is 2.38. The fourth-order valence-electron chi connectivity index (χ4n) is 4.46. The first kappa shape index (κ1) is 21.3. The van der Waals surface area contributed by atoms with Gasteiger partial charge in [0.1, 0.15) is 0 Å². The molecule has 4 nitrogen and oxygen atoms in total. The largest absolute Gasteiger partial charge is 0.509 e. The van der Waals surface area contributed by atoms with Crippen LogP contribution >= 0.6 is 0 Å². The number of aliphatic carboxylic acids is 1. The number of carbonyl (C=O) groups excluding carboxylic acids is 1. The van der Waals surface area contributed by atoms with E-state index in [9.17, 15) is 14.7 Å². The van der Waals surface area contributed by atoms with E-state index in [4.69, 9.17) is 4.43 Å². The maximum Gasteiger partial charge on any atom is 0.323 e. The van der Waals surface area contributed by atoms with Crippen molar-refractivity contribution < 1.29 is 19.1 Å². The molecule has 1 fully saturated rings. The van der Waals surface area contributed by atoms with Crippen molar-refractivity contribution >= 4 is 30.6 Å². The van der Waals surface area contributed by atoms with E-state index in [0.29, 0.717) is 25.7 Å². The number of carbonyl (C=O) groups is 2. The summed E-state index contributed by atoms with van der Waals surface area (Å²) >= 11 is 0. The van der Waals surface area contributed by atoms with Gasteiger partial charge in [0.2, 0.25) is 0 Å². The molecule has 0 amide bonds. The fourth-order valence-corrected chi connectivity index (χ4v) is 8.86. The molecule has 29 heavy (non-hydrogen) atoms. The quantitative estimate of drug-likeness (QED) is 0.758. The lowest BCUT2D eigenvalue weighted by atomic mass is 9.82. The topological polar surface area (TPSA) is 63.6 Å². The Bertz CT molecular complexity index is 795. The average Bonchev–Trinajstić information content (AvgIpc) is 2.72. The normalized spacial score (nSPS) is 20.1. The van der Waals surface area contributed by atoms with Gasteiger partial charge in [-0.05, 0) is 41.1 Å². The first-order valence-corrected chi connectivity index (χ1v) is 12.2. The van der Waals surface area contributed by atoms with E-state index in [0.717, 1.165) is 10.4 Å². The zero-order chi connectivity index (χ0) is 21.1. The van der Waals surface area contributed by atoms with Gasteiger partial charge in [-0.3, -0.25) is 9.59 Å². The summed E-state index contributed by atoms with van der Waals surface area (Å²) in [6.07, 6.45) is 2.23. The van der Waals surface area contributed by atoms with Gasteiger partial charge in [0.15, 0.2) is 0 Å². The molecule has 154 valence electrons. The van der Waals surface area contributed by atoms with Crippen LogP contribution in [0.15, 0.2) is 60.7 Å². The van der Waals surface area contributed by atoms with E-state index in [1.165, 1.54) is 0 Å². The second-order valence-corrected chi connectivity index (χ2v) is 13.2. The molecule has 2 aromatic rings. The van der Waals surface area contributed by atoms with Crippen molar-refractivity contribution in [2.45, 2.75) is 51.5 Å². The minimum absolute atomic E-state index is 0.178. The molecule has 1 N–H and O–H groups in total. The van der Waals surface area contributed by atoms with E-state index in [1.54, 1.807) is 0 Å². The van der Waals surface area contributed by atoms with Gasteiger partial charge in [-0.1, -0.05) is 81.4 Å². The standard InChI is InChI=1S/C24H30O4Si/c1-24(2,3)29(20-10-6-4-7-11-20,21-12-8-5-9-13-21)28-23(27)19-16-14-18(15-17-19)22(25)26/h4-13,18-19H,14-17H2,1-3H3,(H,25,26). The molecule has 5 heteroatoms. The van der Waals surface area contributed by atoms with Gasteiger partial charge in [0, 0.05) is 0 Å². The van der Waals surface area contributed by atoms with Gasteiger partial charge in [-0.2, -0.15) is 0 Å². The highest BCUT2D eigenvalue weighted by Gasteiger charge is 2.53. The Balaban J connectivity index is 1.98. The van der Waals surface area contributed by atoms with Crippen LogP contribution in [0.5, 0.6) is 0 Å². The molecule has 0 bridgehead atoms. The van der Waals surface area contributed by atoms with Crippen molar-refractivity contribution in [2.75, 3.05) is 0 Å². The molecule has 0 radical (unpaired) electrons. The number of carboxylic acid groups (broad SMARTS) is 1. The summed E-state index contributed by atoms with van der Waals surface area (Å²) in [6.45, 7) is 6.44. The first-order valence-electron chi connectivity index (χ1n) is 10.3. The summed E-state index contributed by atoms with van der Waals surface area (Å²) < 4.78 is 6.56. The summed E-state index contributed by atoms with van der Waals surface area (Å²) in [4.78, 5) is 24.6. The van der Waals surface area contributed by atoms with Crippen LogP contribution in [0.2, 0.25) is 5.04 Å². The monoisotopic (exact) mass is 410 g/mol. The molecule has 3 rings (SSSR count). The number of hydrogen-bond acceptors (Lipinski definition) is 3. The second-order valence-electron chi connectivity index (χ2n) is 8.97. The highest BCUT2D eigenvalue weighted by atomic mass is 28.4. The Morgan fingerprint density at radius 3 is 1.62 bits per heavy atom. The van der Waals surface area contributed by atoms with E-state index in [1.807, 2.05) is 36.4 Å². The zero-order valence-electron chi connectivity index (χ0n) is 17.4. The summed E-state index contributed by atoms with van der Waals surface area (Å²) in [7, 11) is -2.90. The summed E-state index contributed by atoms with van der Waals surface area (Å²) in [5.74, 6) is -1.51. The van der Waals surface area contributed by atoms with Crippen LogP contribution in [0.4, 0.5) is 0 Å². The predicted octanol–water partition coefficient (Wildman–Crippen LogP) is 3.98. The van der Waals surface area contributed by atoms with Gasteiger partial charge in [0.05, 0.1) is 11.8 Å². The molecule has 0 heterocycles. The molecule has 1 saturated carbocycles. The molecule has 0 unspecified atom stereocenters. The van der Waals surface area contributed by atoms with Crippen molar-refractivity contribution in [3.05, 3.63) is 60.7 Å². The average molecular weight is 411 g/mol. The van der Waals surface area contributed by atoms with Crippen LogP contribution in [0, 0.1) is 11.8 Å². The Morgan fingerprint density at radius 2 is 1.24 bits per heavy atom. The molecule has 0 aliphatic heterocycles. The smallest absolute Gasteiger partial charge is 0.323 e. The molecule has 1 aliphatic carbocycles. The van der Waals surface area contributed by atoms with Gasteiger partial charge in [-0.15, -0.1) is 0 Å². The number of rotatable bonds is 5. The fraction of sp³-hybridized carbons (Fsp3) is 0.417. The molecule has 0 spiro atoms. The maximum absolute atomic E-state index is 13.3. The van der Waals surface area contributed by atoms with E-state index >= 15 is 0 Å². The Morgan fingerprint density at radius 1 is 0.828 bits per heavy atom. The SMILES string of the molecule is CC(C)(C)[Si](OC(=O)C1CCC(C(=O)O)CC1)(c1ccccc1)c1ccccc1. The molecule has 2 aromatic carbocycles. The molecular formula is C24H30O4Si. The van der Waals surface area contributed by atoms with Crippen LogP contribution in [-0.2, 0) is 14.0 Å². The van der Waals surface area contributed by atoms with Crippen LogP contribution in [0.25, 0.3) is 0 Å². The zero-order valence-corrected chi connectivity index (χ0v) is 18.4. The van der Waals surface area contributed by atoms with Gasteiger partial charge in [-0.25, -0.2) is 0 Å². The van der Waals surface area contributed by atoms with Crippen LogP contribution in [0.1, 0.15) is 46.5 Å². The Kier molecular flexibility index (Phi) is 6.27. The lowest BCUT2D eigenvalue weighted by molar-refractivity contribution is -0.147. The lowest BCUT2D eigenvalue weighted by Gasteiger charge is -2.43. The van der Waals surface area contributed by atoms with E-state index in [2.05, 4.69) is 45.0 Å². The third-order valence-electron chi connectivity index (χ3n) is 6.08.